The molecule has 0 aliphatic carbocycles. The van der Waals surface area contributed by atoms with Crippen LogP contribution in [-0.2, 0) is 6.42 Å². The molecule has 188 valence electrons. The fourth-order valence-electron chi connectivity index (χ4n) is 3.63. The summed E-state index contributed by atoms with van der Waals surface area (Å²) < 4.78 is 5.76. The van der Waals surface area contributed by atoms with Crippen LogP contribution in [0.4, 0.5) is 0 Å². The number of ether oxygens (including phenoxy) is 1. The van der Waals surface area contributed by atoms with Gasteiger partial charge in [0, 0.05) is 6.04 Å². The highest BCUT2D eigenvalue weighted by Crippen LogP contribution is 2.28. The molecule has 0 aliphatic heterocycles. The second-order valence-electron chi connectivity index (χ2n) is 8.95. The quantitative estimate of drug-likeness (QED) is 0.279. The second kappa shape index (κ2) is 13.1. The van der Waals surface area contributed by atoms with Gasteiger partial charge in [0.2, 0.25) is 0 Å². The number of halogens is 1. The minimum Gasteiger partial charge on any atom is -0.508 e. The van der Waals surface area contributed by atoms with Gasteiger partial charge in [0.1, 0.15) is 17.1 Å². The smallest absolute Gasteiger partial charge is 0.339 e. The molecule has 0 aliphatic rings. The SMILES string of the molecule is CC(C)COc1cc(-c2ccc(CCN[C@@H](C)[C@H](O)c3ccc(O)cc3)cc2)ccc1C(=O)O.Cl. The Kier molecular flexibility index (Phi) is 10.6. The van der Waals surface area contributed by atoms with Crippen molar-refractivity contribution in [1.82, 2.24) is 5.32 Å². The molecule has 0 amide bonds. The van der Waals surface area contributed by atoms with E-state index in [2.05, 4.69) is 17.4 Å². The van der Waals surface area contributed by atoms with Crippen LogP contribution >= 0.6 is 12.4 Å². The number of carboxylic acids is 1. The van der Waals surface area contributed by atoms with E-state index in [9.17, 15) is 20.1 Å². The van der Waals surface area contributed by atoms with Gasteiger partial charge in [-0.3, -0.25) is 0 Å². The van der Waals surface area contributed by atoms with Crippen molar-refractivity contribution in [3.05, 3.63) is 83.4 Å². The van der Waals surface area contributed by atoms with E-state index >= 15 is 0 Å². The molecule has 0 fully saturated rings. The van der Waals surface area contributed by atoms with Crippen molar-refractivity contribution in [3.8, 4) is 22.6 Å². The molecule has 35 heavy (non-hydrogen) atoms. The number of rotatable bonds is 11. The molecule has 3 aromatic rings. The molecule has 0 saturated carbocycles. The Morgan fingerprint density at radius 2 is 1.57 bits per heavy atom. The zero-order valence-corrected chi connectivity index (χ0v) is 21.1. The molecule has 4 N–H and O–H groups in total. The predicted molar refractivity (Wildman–Crippen MR) is 141 cm³/mol. The van der Waals surface area contributed by atoms with E-state index in [1.807, 2.05) is 32.9 Å². The van der Waals surface area contributed by atoms with E-state index in [1.165, 1.54) is 0 Å². The molecule has 0 unspecified atom stereocenters. The molecule has 0 aromatic heterocycles. The third-order valence-corrected chi connectivity index (χ3v) is 5.66. The molecule has 0 bridgehead atoms. The van der Waals surface area contributed by atoms with Gasteiger partial charge in [0.25, 0.3) is 0 Å². The van der Waals surface area contributed by atoms with Crippen LogP contribution in [0.3, 0.4) is 0 Å². The van der Waals surface area contributed by atoms with Crippen molar-refractivity contribution in [1.29, 1.82) is 0 Å². The van der Waals surface area contributed by atoms with Crippen LogP contribution in [0.1, 0.15) is 48.4 Å². The van der Waals surface area contributed by atoms with Crippen LogP contribution in [-0.4, -0.2) is 40.5 Å². The first kappa shape index (κ1) is 28.2. The van der Waals surface area contributed by atoms with Crippen LogP contribution in [0, 0.1) is 5.92 Å². The molecular weight excluding hydrogens is 466 g/mol. The molecule has 3 rings (SSSR count). The van der Waals surface area contributed by atoms with Crippen molar-refractivity contribution in [2.24, 2.45) is 5.92 Å². The van der Waals surface area contributed by atoms with Crippen LogP contribution in [0.2, 0.25) is 0 Å². The fraction of sp³-hybridized carbons (Fsp3) is 0.321. The van der Waals surface area contributed by atoms with Crippen molar-refractivity contribution in [3.63, 3.8) is 0 Å². The number of phenolic OH excluding ortho intramolecular Hbond substituents is 1. The maximum Gasteiger partial charge on any atom is 0.339 e. The van der Waals surface area contributed by atoms with Gasteiger partial charge in [-0.15, -0.1) is 12.4 Å². The third-order valence-electron chi connectivity index (χ3n) is 5.66. The molecule has 0 heterocycles. The average molecular weight is 500 g/mol. The topological polar surface area (TPSA) is 99.0 Å². The van der Waals surface area contributed by atoms with Gasteiger partial charge in [-0.25, -0.2) is 4.79 Å². The number of aromatic hydroxyl groups is 1. The van der Waals surface area contributed by atoms with Crippen molar-refractivity contribution >= 4 is 18.4 Å². The predicted octanol–water partition coefficient (Wildman–Crippen LogP) is 5.47. The molecule has 6 nitrogen and oxygen atoms in total. The summed E-state index contributed by atoms with van der Waals surface area (Å²) in [5, 5.41) is 32.7. The largest absolute Gasteiger partial charge is 0.508 e. The van der Waals surface area contributed by atoms with Crippen LogP contribution in [0.15, 0.2) is 66.7 Å². The van der Waals surface area contributed by atoms with Gasteiger partial charge in [0.05, 0.1) is 12.7 Å². The lowest BCUT2D eigenvalue weighted by molar-refractivity contribution is 0.0691. The lowest BCUT2D eigenvalue weighted by Crippen LogP contribution is -2.33. The first-order chi connectivity index (χ1) is 16.2. The Labute approximate surface area is 213 Å². The van der Waals surface area contributed by atoms with Gasteiger partial charge in [-0.05, 0) is 72.3 Å². The average Bonchev–Trinajstić information content (AvgIpc) is 2.82. The normalized spacial score (nSPS) is 12.6. The van der Waals surface area contributed by atoms with Crippen molar-refractivity contribution in [2.75, 3.05) is 13.2 Å². The Morgan fingerprint density at radius 3 is 2.17 bits per heavy atom. The summed E-state index contributed by atoms with van der Waals surface area (Å²) in [7, 11) is 0. The maximum absolute atomic E-state index is 11.5. The Bertz CT molecular complexity index is 1080. The highest BCUT2D eigenvalue weighted by molar-refractivity contribution is 5.92. The number of phenols is 1. The number of aromatic carboxylic acids is 1. The number of carbonyl (C=O) groups is 1. The Hall–Kier alpha value is -3.06. The maximum atomic E-state index is 11.5. The number of aliphatic hydroxyl groups is 1. The summed E-state index contributed by atoms with van der Waals surface area (Å²) in [6.07, 6.45) is 0.136. The number of hydrogen-bond acceptors (Lipinski definition) is 5. The Balaban J connectivity index is 0.00000432. The number of benzene rings is 3. The highest BCUT2D eigenvalue weighted by Gasteiger charge is 2.16. The second-order valence-corrected chi connectivity index (χ2v) is 8.95. The molecule has 3 aromatic carbocycles. The fourth-order valence-corrected chi connectivity index (χ4v) is 3.63. The lowest BCUT2D eigenvalue weighted by Gasteiger charge is -2.21. The molecule has 2 atom stereocenters. The van der Waals surface area contributed by atoms with Gasteiger partial charge in [-0.1, -0.05) is 56.3 Å². The lowest BCUT2D eigenvalue weighted by atomic mass is 10.0. The molecule has 0 radical (unpaired) electrons. The number of aliphatic hydroxyl groups excluding tert-OH is 1. The van der Waals surface area contributed by atoms with Gasteiger partial charge in [0.15, 0.2) is 0 Å². The van der Waals surface area contributed by atoms with Crippen LogP contribution in [0.5, 0.6) is 11.5 Å². The van der Waals surface area contributed by atoms with E-state index in [4.69, 9.17) is 4.74 Å². The van der Waals surface area contributed by atoms with Gasteiger partial charge in [-0.2, -0.15) is 0 Å². The van der Waals surface area contributed by atoms with Crippen molar-refractivity contribution < 1.29 is 24.9 Å². The summed E-state index contributed by atoms with van der Waals surface area (Å²) >= 11 is 0. The van der Waals surface area contributed by atoms with E-state index in [0.717, 1.165) is 28.7 Å². The van der Waals surface area contributed by atoms with E-state index in [0.29, 0.717) is 24.8 Å². The zero-order valence-electron chi connectivity index (χ0n) is 20.3. The van der Waals surface area contributed by atoms with Crippen LogP contribution < -0.4 is 10.1 Å². The van der Waals surface area contributed by atoms with Gasteiger partial charge < -0.3 is 25.4 Å². The number of nitrogens with one attached hydrogen (secondary N) is 1. The molecular formula is C28H34ClNO5. The number of hydrogen-bond donors (Lipinski definition) is 4. The summed E-state index contributed by atoms with van der Waals surface area (Å²) in [5.41, 5.74) is 3.96. The zero-order chi connectivity index (χ0) is 24.7. The van der Waals surface area contributed by atoms with E-state index in [1.54, 1.807) is 42.5 Å². The van der Waals surface area contributed by atoms with E-state index in [-0.39, 0.29) is 29.8 Å². The summed E-state index contributed by atoms with van der Waals surface area (Å²) in [6.45, 7) is 7.13. The van der Waals surface area contributed by atoms with Crippen molar-refractivity contribution in [2.45, 2.75) is 39.3 Å². The summed E-state index contributed by atoms with van der Waals surface area (Å²) in [6, 6.07) is 19.8. The molecule has 0 saturated heterocycles. The summed E-state index contributed by atoms with van der Waals surface area (Å²) in [5.74, 6) is -0.147. The third kappa shape index (κ3) is 7.99. The Morgan fingerprint density at radius 1 is 0.943 bits per heavy atom. The first-order valence-corrected chi connectivity index (χ1v) is 11.5. The monoisotopic (exact) mass is 499 g/mol. The standard InChI is InChI=1S/C28H33NO5.ClH/c1-18(2)17-34-26-16-23(10-13-25(26)28(32)33)21-6-4-20(5-7-21)14-15-29-19(3)27(31)22-8-11-24(30)12-9-22;/h4-13,16,18-19,27,29-31H,14-15,17H2,1-3H3,(H,32,33);1H/t19-,27-;/m0./s1. The van der Waals surface area contributed by atoms with Crippen LogP contribution in [0.25, 0.3) is 11.1 Å². The minimum atomic E-state index is -1.00. The minimum absolute atomic E-state index is 0. The summed E-state index contributed by atoms with van der Waals surface area (Å²) in [4.78, 5) is 11.5. The molecule has 0 spiro atoms. The highest BCUT2D eigenvalue weighted by atomic mass is 35.5. The number of carboxylic acid groups (broad SMARTS) is 1. The van der Waals surface area contributed by atoms with Gasteiger partial charge >= 0.3 is 5.97 Å². The van der Waals surface area contributed by atoms with E-state index < -0.39 is 12.1 Å². The first-order valence-electron chi connectivity index (χ1n) is 11.5. The molecule has 7 heteroatoms.